The predicted molar refractivity (Wildman–Crippen MR) is 58.5 cm³/mol. The number of hydrogen-bond donors (Lipinski definition) is 1. The third-order valence-electron chi connectivity index (χ3n) is 2.17. The zero-order chi connectivity index (χ0) is 11.5. The number of benzene rings is 1. The van der Waals surface area contributed by atoms with E-state index in [4.69, 9.17) is 5.73 Å². The van der Waals surface area contributed by atoms with Gasteiger partial charge in [-0.1, -0.05) is 12.1 Å². The van der Waals surface area contributed by atoms with Crippen molar-refractivity contribution in [1.82, 2.24) is 4.98 Å². The van der Waals surface area contributed by atoms with Crippen LogP contribution in [0.1, 0.15) is 15.9 Å². The van der Waals surface area contributed by atoms with Gasteiger partial charge in [0.25, 0.3) is 0 Å². The Kier molecular flexibility index (Phi) is 2.64. The molecule has 0 unspecified atom stereocenters. The minimum Gasteiger partial charge on any atom is -0.384 e. The number of nitrogens with zero attached hydrogens (tertiary/aromatic N) is 1. The minimum absolute atomic E-state index is 0.0362. The van der Waals surface area contributed by atoms with Crippen LogP contribution >= 0.6 is 0 Å². The summed E-state index contributed by atoms with van der Waals surface area (Å²) in [5.74, 6) is -0.611. The lowest BCUT2D eigenvalue weighted by atomic mass is 10.0. The Morgan fingerprint density at radius 3 is 2.56 bits per heavy atom. The first-order chi connectivity index (χ1) is 7.68. The van der Waals surface area contributed by atoms with Crippen molar-refractivity contribution in [3.63, 3.8) is 0 Å². The highest BCUT2D eigenvalue weighted by molar-refractivity contribution is 6.09. The van der Waals surface area contributed by atoms with E-state index in [1.807, 2.05) is 0 Å². The van der Waals surface area contributed by atoms with Crippen molar-refractivity contribution >= 4 is 11.6 Å². The van der Waals surface area contributed by atoms with Crippen LogP contribution in [-0.2, 0) is 0 Å². The van der Waals surface area contributed by atoms with Crippen molar-refractivity contribution in [2.45, 2.75) is 0 Å². The van der Waals surface area contributed by atoms with Gasteiger partial charge in [0.1, 0.15) is 11.6 Å². The number of carbonyl (C=O) groups is 1. The maximum absolute atomic E-state index is 13.3. The number of anilines is 1. The first kappa shape index (κ1) is 10.3. The average Bonchev–Trinajstić information content (AvgIpc) is 2.30. The van der Waals surface area contributed by atoms with Gasteiger partial charge >= 0.3 is 0 Å². The van der Waals surface area contributed by atoms with Crippen LogP contribution in [0, 0.1) is 5.82 Å². The summed E-state index contributed by atoms with van der Waals surface area (Å²) in [5, 5.41) is 0. The van der Waals surface area contributed by atoms with Crippen LogP contribution in [0.5, 0.6) is 0 Å². The monoisotopic (exact) mass is 216 g/mol. The molecule has 1 aromatic carbocycles. The average molecular weight is 216 g/mol. The fourth-order valence-electron chi connectivity index (χ4n) is 1.34. The normalized spacial score (nSPS) is 10.1. The van der Waals surface area contributed by atoms with Gasteiger partial charge in [-0.05, 0) is 24.3 Å². The maximum Gasteiger partial charge on any atom is 0.197 e. The van der Waals surface area contributed by atoms with E-state index in [0.717, 1.165) is 0 Å². The van der Waals surface area contributed by atoms with E-state index in [0.29, 0.717) is 11.4 Å². The first-order valence-corrected chi connectivity index (χ1v) is 4.69. The molecule has 0 saturated carbocycles. The van der Waals surface area contributed by atoms with E-state index in [-0.39, 0.29) is 5.56 Å². The first-order valence-electron chi connectivity index (χ1n) is 4.69. The minimum atomic E-state index is -0.538. The maximum atomic E-state index is 13.3. The lowest BCUT2D eigenvalue weighted by molar-refractivity contribution is 0.103. The SMILES string of the molecule is Nc1ccc(C(=O)c2ccccc2F)cn1. The van der Waals surface area contributed by atoms with E-state index in [1.165, 1.54) is 36.5 Å². The molecule has 16 heavy (non-hydrogen) atoms. The molecule has 2 N–H and O–H groups in total. The molecule has 0 radical (unpaired) electrons. The molecule has 0 atom stereocenters. The fraction of sp³-hybridized carbons (Fsp3) is 0. The molecule has 80 valence electrons. The summed E-state index contributed by atoms with van der Waals surface area (Å²) in [7, 11) is 0. The van der Waals surface area contributed by atoms with E-state index < -0.39 is 11.6 Å². The molecule has 3 nitrogen and oxygen atoms in total. The number of ketones is 1. The molecule has 2 aromatic rings. The summed E-state index contributed by atoms with van der Waals surface area (Å²) >= 11 is 0. The van der Waals surface area contributed by atoms with E-state index in [2.05, 4.69) is 4.98 Å². The largest absolute Gasteiger partial charge is 0.384 e. The Morgan fingerprint density at radius 1 is 1.19 bits per heavy atom. The number of nitrogen functional groups attached to an aromatic ring is 1. The summed E-state index contributed by atoms with van der Waals surface area (Å²) in [6.07, 6.45) is 1.34. The van der Waals surface area contributed by atoms with Crippen molar-refractivity contribution < 1.29 is 9.18 Å². The zero-order valence-electron chi connectivity index (χ0n) is 8.35. The summed E-state index contributed by atoms with van der Waals surface area (Å²) in [6, 6.07) is 8.87. The Hall–Kier alpha value is -2.23. The summed E-state index contributed by atoms with van der Waals surface area (Å²) in [5.41, 5.74) is 5.75. The molecule has 2 rings (SSSR count). The number of pyridine rings is 1. The van der Waals surface area contributed by atoms with E-state index in [1.54, 1.807) is 6.07 Å². The molecule has 1 aromatic heterocycles. The molecule has 1 heterocycles. The highest BCUT2D eigenvalue weighted by Crippen LogP contribution is 2.13. The number of halogens is 1. The second-order valence-electron chi connectivity index (χ2n) is 3.28. The number of nitrogens with two attached hydrogens (primary N) is 1. The van der Waals surface area contributed by atoms with Crippen molar-refractivity contribution in [2.24, 2.45) is 0 Å². The van der Waals surface area contributed by atoms with Crippen molar-refractivity contribution in [1.29, 1.82) is 0 Å². The molecule has 0 aliphatic rings. The Morgan fingerprint density at radius 2 is 1.94 bits per heavy atom. The van der Waals surface area contributed by atoms with Gasteiger partial charge in [-0.25, -0.2) is 9.37 Å². The van der Waals surface area contributed by atoms with Crippen molar-refractivity contribution in [3.8, 4) is 0 Å². The molecule has 4 heteroatoms. The lowest BCUT2D eigenvalue weighted by Crippen LogP contribution is -2.05. The van der Waals surface area contributed by atoms with Crippen LogP contribution in [0.4, 0.5) is 10.2 Å². The Labute approximate surface area is 91.7 Å². The lowest BCUT2D eigenvalue weighted by Gasteiger charge is -2.02. The zero-order valence-corrected chi connectivity index (χ0v) is 8.35. The molecule has 0 amide bonds. The van der Waals surface area contributed by atoms with Crippen LogP contribution in [0.3, 0.4) is 0 Å². The van der Waals surface area contributed by atoms with Gasteiger partial charge in [-0.3, -0.25) is 4.79 Å². The van der Waals surface area contributed by atoms with Crippen molar-refractivity contribution in [2.75, 3.05) is 5.73 Å². The quantitative estimate of drug-likeness (QED) is 0.781. The Balaban J connectivity index is 2.40. The highest BCUT2D eigenvalue weighted by atomic mass is 19.1. The molecule has 0 fully saturated rings. The van der Waals surface area contributed by atoms with Crippen LogP contribution < -0.4 is 5.73 Å². The summed E-state index contributed by atoms with van der Waals surface area (Å²) in [6.45, 7) is 0. The number of hydrogen-bond acceptors (Lipinski definition) is 3. The predicted octanol–water partition coefficient (Wildman–Crippen LogP) is 2.03. The molecule has 0 bridgehead atoms. The molecule has 0 aliphatic heterocycles. The van der Waals surface area contributed by atoms with Crippen LogP contribution in [0.25, 0.3) is 0 Å². The number of aromatic nitrogens is 1. The van der Waals surface area contributed by atoms with E-state index in [9.17, 15) is 9.18 Å². The van der Waals surface area contributed by atoms with Gasteiger partial charge in [0.05, 0.1) is 5.56 Å². The fourth-order valence-corrected chi connectivity index (χ4v) is 1.34. The topological polar surface area (TPSA) is 56.0 Å². The van der Waals surface area contributed by atoms with E-state index >= 15 is 0 Å². The van der Waals surface area contributed by atoms with Gasteiger partial charge in [0, 0.05) is 11.8 Å². The second-order valence-corrected chi connectivity index (χ2v) is 3.28. The van der Waals surface area contributed by atoms with Crippen molar-refractivity contribution in [3.05, 3.63) is 59.5 Å². The summed E-state index contributed by atoms with van der Waals surface area (Å²) < 4.78 is 13.3. The molecule has 0 aliphatic carbocycles. The standard InChI is InChI=1S/C12H9FN2O/c13-10-4-2-1-3-9(10)12(16)8-5-6-11(14)15-7-8/h1-7H,(H2,14,15). The van der Waals surface area contributed by atoms with Crippen LogP contribution in [-0.4, -0.2) is 10.8 Å². The van der Waals surface area contributed by atoms with Gasteiger partial charge in [-0.2, -0.15) is 0 Å². The van der Waals surface area contributed by atoms with Gasteiger partial charge < -0.3 is 5.73 Å². The smallest absolute Gasteiger partial charge is 0.197 e. The van der Waals surface area contributed by atoms with Gasteiger partial charge in [-0.15, -0.1) is 0 Å². The molecule has 0 spiro atoms. The van der Waals surface area contributed by atoms with Gasteiger partial charge in [0.15, 0.2) is 5.78 Å². The third-order valence-corrected chi connectivity index (χ3v) is 2.17. The molecular formula is C12H9FN2O. The number of carbonyl (C=O) groups excluding carboxylic acids is 1. The number of rotatable bonds is 2. The van der Waals surface area contributed by atoms with Crippen LogP contribution in [0.2, 0.25) is 0 Å². The molecular weight excluding hydrogens is 207 g/mol. The summed E-state index contributed by atoms with van der Waals surface area (Å²) in [4.78, 5) is 15.6. The highest BCUT2D eigenvalue weighted by Gasteiger charge is 2.13. The third kappa shape index (κ3) is 1.91. The van der Waals surface area contributed by atoms with Crippen LogP contribution in [0.15, 0.2) is 42.6 Å². The Bertz CT molecular complexity index is 523. The second kappa shape index (κ2) is 4.10. The van der Waals surface area contributed by atoms with Gasteiger partial charge in [0.2, 0.25) is 0 Å². The molecule has 0 saturated heterocycles.